The second-order valence-corrected chi connectivity index (χ2v) is 7.98. The van der Waals surface area contributed by atoms with E-state index in [0.29, 0.717) is 18.6 Å². The summed E-state index contributed by atoms with van der Waals surface area (Å²) in [5, 5.41) is 12.9. The van der Waals surface area contributed by atoms with E-state index in [1.807, 2.05) is 0 Å². The third-order valence-electron chi connectivity index (χ3n) is 5.96. The Morgan fingerprint density at radius 3 is 2.38 bits per heavy atom. The van der Waals surface area contributed by atoms with E-state index in [2.05, 4.69) is 65.2 Å². The van der Waals surface area contributed by atoms with Crippen molar-refractivity contribution in [3.05, 3.63) is 71.9 Å². The van der Waals surface area contributed by atoms with Crippen LogP contribution in [0.3, 0.4) is 0 Å². The molecule has 0 aliphatic rings. The highest BCUT2D eigenvalue weighted by Gasteiger charge is 2.11. The van der Waals surface area contributed by atoms with Crippen LogP contribution in [-0.4, -0.2) is 32.6 Å². The summed E-state index contributed by atoms with van der Waals surface area (Å²) < 4.78 is 5.63. The zero-order chi connectivity index (χ0) is 22.3. The molecule has 32 heavy (non-hydrogen) atoms. The molecule has 0 heterocycles. The molecule has 0 aromatic heterocycles. The first-order valence-corrected chi connectivity index (χ1v) is 11.1. The quantitative estimate of drug-likeness (QED) is 0.158. The molecule has 5 heteroatoms. The van der Waals surface area contributed by atoms with E-state index in [-0.39, 0.29) is 12.5 Å². The number of rotatable bonds is 11. The summed E-state index contributed by atoms with van der Waals surface area (Å²) in [5.74, 6) is -0.256. The number of benzene rings is 4. The molecule has 0 spiro atoms. The molecular weight excluding hydrogens is 400 g/mol. The number of amides is 2. The summed E-state index contributed by atoms with van der Waals surface area (Å²) in [6, 6.07) is 19.9. The van der Waals surface area contributed by atoms with Crippen molar-refractivity contribution in [1.82, 2.24) is 10.6 Å². The normalized spacial score (nSPS) is 12.0. The van der Waals surface area contributed by atoms with Crippen LogP contribution in [0.5, 0.6) is 0 Å². The Morgan fingerprint density at radius 2 is 1.62 bits per heavy atom. The van der Waals surface area contributed by atoms with Crippen LogP contribution in [0.2, 0.25) is 0 Å². The number of likely N-dealkylation sites (N-methyl/N-ethyl adjacent to an activating group) is 1. The minimum Gasteiger partial charge on any atom is -0.377 e. The van der Waals surface area contributed by atoms with Gasteiger partial charge in [-0.1, -0.05) is 61.0 Å². The van der Waals surface area contributed by atoms with Crippen molar-refractivity contribution in [3.8, 4) is 0 Å². The smallest absolute Gasteiger partial charge is 0.250 e. The molecular formula is C27H28N2O3. The Hall–Kier alpha value is -3.44. The van der Waals surface area contributed by atoms with E-state index >= 15 is 0 Å². The van der Waals surface area contributed by atoms with Crippen molar-refractivity contribution in [1.29, 1.82) is 0 Å². The molecule has 4 aromatic carbocycles. The molecule has 0 saturated carbocycles. The number of hydrogen-bond donors (Lipinski definition) is 2. The number of nitrogens with one attached hydrogen (secondary N) is 2. The fourth-order valence-corrected chi connectivity index (χ4v) is 4.36. The van der Waals surface area contributed by atoms with Gasteiger partial charge in [-0.3, -0.25) is 9.59 Å². The third-order valence-corrected chi connectivity index (χ3v) is 5.96. The van der Waals surface area contributed by atoms with Gasteiger partial charge in [-0.05, 0) is 57.1 Å². The van der Waals surface area contributed by atoms with Crippen LogP contribution in [-0.2, 0) is 20.7 Å². The highest BCUT2D eigenvalue weighted by molar-refractivity contribution is 6.23. The van der Waals surface area contributed by atoms with Crippen molar-refractivity contribution in [2.45, 2.75) is 25.7 Å². The van der Waals surface area contributed by atoms with Gasteiger partial charge < -0.3 is 15.4 Å². The lowest BCUT2D eigenvalue weighted by Gasteiger charge is -2.14. The molecule has 0 aliphatic carbocycles. The fourth-order valence-electron chi connectivity index (χ4n) is 4.36. The summed E-state index contributed by atoms with van der Waals surface area (Å²) in [5.41, 5.74) is 1.79. The van der Waals surface area contributed by atoms with Crippen molar-refractivity contribution >= 4 is 44.6 Å². The Morgan fingerprint density at radius 1 is 0.906 bits per heavy atom. The number of carbonyl (C=O) groups excluding carboxylic acids is 2. The molecule has 0 unspecified atom stereocenters. The van der Waals surface area contributed by atoms with Crippen molar-refractivity contribution in [2.24, 2.45) is 0 Å². The van der Waals surface area contributed by atoms with Gasteiger partial charge in [-0.15, -0.1) is 0 Å². The minimum absolute atomic E-state index is 0.176. The predicted molar refractivity (Wildman–Crippen MR) is 130 cm³/mol. The molecule has 0 saturated heterocycles. The molecule has 0 aliphatic heterocycles. The van der Waals surface area contributed by atoms with E-state index in [4.69, 9.17) is 4.74 Å². The standard InChI is InChI=1S/C27H28N2O3/c1-28-27(31)23(16-29-18-30)17-32-15-4-2-3-6-19-9-10-22-12-11-20-7-5-8-21-13-14-24(19)26(22)25(20)21/h5,7-14,16,18H,2-4,6,15,17H2,1H3,(H,28,31)(H,29,30)/b23-16-. The molecule has 4 rings (SSSR count). The van der Waals surface area contributed by atoms with Crippen molar-refractivity contribution < 1.29 is 14.3 Å². The van der Waals surface area contributed by atoms with Crippen molar-refractivity contribution in [3.63, 3.8) is 0 Å². The van der Waals surface area contributed by atoms with Gasteiger partial charge in [-0.2, -0.15) is 0 Å². The topological polar surface area (TPSA) is 67.4 Å². The average molecular weight is 429 g/mol. The molecule has 0 radical (unpaired) electrons. The highest BCUT2D eigenvalue weighted by Crippen LogP contribution is 2.36. The van der Waals surface area contributed by atoms with Crippen LogP contribution in [0.1, 0.15) is 24.8 Å². The summed E-state index contributed by atoms with van der Waals surface area (Å²) in [6.07, 6.45) is 5.99. The number of aryl methyl sites for hydroxylation is 1. The van der Waals surface area contributed by atoms with E-state index < -0.39 is 0 Å². The summed E-state index contributed by atoms with van der Waals surface area (Å²) in [4.78, 5) is 22.2. The minimum atomic E-state index is -0.256. The van der Waals surface area contributed by atoms with E-state index in [1.165, 1.54) is 44.1 Å². The van der Waals surface area contributed by atoms with Crippen LogP contribution in [0.25, 0.3) is 32.3 Å². The Bertz CT molecular complexity index is 1250. The lowest BCUT2D eigenvalue weighted by atomic mass is 9.90. The predicted octanol–water partition coefficient (Wildman–Crippen LogP) is 4.69. The second-order valence-electron chi connectivity index (χ2n) is 7.98. The fraction of sp³-hybridized carbons (Fsp3) is 0.259. The van der Waals surface area contributed by atoms with Gasteiger partial charge in [0.15, 0.2) is 0 Å². The first kappa shape index (κ1) is 21.8. The first-order valence-electron chi connectivity index (χ1n) is 11.1. The molecule has 0 fully saturated rings. The summed E-state index contributed by atoms with van der Waals surface area (Å²) >= 11 is 0. The molecule has 2 amide bonds. The second kappa shape index (κ2) is 10.2. The van der Waals surface area contributed by atoms with Gasteiger partial charge in [0.05, 0.1) is 12.2 Å². The molecule has 2 N–H and O–H groups in total. The number of carbonyl (C=O) groups is 2. The SMILES string of the molecule is CNC(=O)/C(=C\NC=O)COCCCCCc1ccc2ccc3cccc4ccc1c2c34. The van der Waals surface area contributed by atoms with Crippen LogP contribution >= 0.6 is 0 Å². The summed E-state index contributed by atoms with van der Waals surface area (Å²) in [6.45, 7) is 0.753. The molecule has 5 nitrogen and oxygen atoms in total. The Labute approximate surface area is 187 Å². The molecule has 0 bridgehead atoms. The van der Waals surface area contributed by atoms with Gasteiger partial charge >= 0.3 is 0 Å². The average Bonchev–Trinajstić information content (AvgIpc) is 2.83. The van der Waals surface area contributed by atoms with Crippen LogP contribution < -0.4 is 10.6 Å². The van der Waals surface area contributed by atoms with E-state index in [9.17, 15) is 9.59 Å². The largest absolute Gasteiger partial charge is 0.377 e. The van der Waals surface area contributed by atoms with Gasteiger partial charge in [0.1, 0.15) is 0 Å². The van der Waals surface area contributed by atoms with Gasteiger partial charge in [-0.25, -0.2) is 0 Å². The van der Waals surface area contributed by atoms with Crippen molar-refractivity contribution in [2.75, 3.05) is 20.3 Å². The number of ether oxygens (including phenoxy) is 1. The zero-order valence-electron chi connectivity index (χ0n) is 18.3. The van der Waals surface area contributed by atoms with Gasteiger partial charge in [0.25, 0.3) is 5.91 Å². The van der Waals surface area contributed by atoms with E-state index in [0.717, 1.165) is 25.7 Å². The monoisotopic (exact) mass is 428 g/mol. The van der Waals surface area contributed by atoms with Crippen LogP contribution in [0.4, 0.5) is 0 Å². The lowest BCUT2D eigenvalue weighted by molar-refractivity contribution is -0.117. The number of unbranched alkanes of at least 4 members (excludes halogenated alkanes) is 2. The van der Waals surface area contributed by atoms with E-state index in [1.54, 1.807) is 7.05 Å². The number of hydrogen-bond acceptors (Lipinski definition) is 3. The Balaban J connectivity index is 1.33. The van der Waals surface area contributed by atoms with Gasteiger partial charge in [0, 0.05) is 19.9 Å². The van der Waals surface area contributed by atoms with Crippen LogP contribution in [0.15, 0.2) is 66.4 Å². The highest BCUT2D eigenvalue weighted by atomic mass is 16.5. The molecule has 0 atom stereocenters. The summed E-state index contributed by atoms with van der Waals surface area (Å²) in [7, 11) is 1.55. The maximum absolute atomic E-state index is 11.8. The van der Waals surface area contributed by atoms with Gasteiger partial charge in [0.2, 0.25) is 6.41 Å². The zero-order valence-corrected chi connectivity index (χ0v) is 18.3. The third kappa shape index (κ3) is 4.58. The lowest BCUT2D eigenvalue weighted by Crippen LogP contribution is -2.24. The Kier molecular flexibility index (Phi) is 6.97. The molecule has 164 valence electrons. The van der Waals surface area contributed by atoms with Crippen LogP contribution in [0, 0.1) is 0 Å². The maximum Gasteiger partial charge on any atom is 0.250 e. The maximum atomic E-state index is 11.8. The first-order chi connectivity index (χ1) is 15.7. The molecule has 4 aromatic rings.